The summed E-state index contributed by atoms with van der Waals surface area (Å²) < 4.78 is 1.31. The van der Waals surface area contributed by atoms with Gasteiger partial charge in [-0.3, -0.25) is 0 Å². The highest BCUT2D eigenvalue weighted by atomic mass is 32.1. The third-order valence-electron chi connectivity index (χ3n) is 3.44. The third-order valence-corrected chi connectivity index (χ3v) is 4.54. The summed E-state index contributed by atoms with van der Waals surface area (Å²) in [5.41, 5.74) is 6.79. The van der Waals surface area contributed by atoms with Crippen LogP contribution in [-0.4, -0.2) is 11.5 Å². The van der Waals surface area contributed by atoms with Gasteiger partial charge in [-0.05, 0) is 49.8 Å². The normalized spacial score (nSPS) is 23.8. The molecule has 2 atom stereocenters. The molecule has 1 aromatic carbocycles. The molecule has 0 spiro atoms. The summed E-state index contributed by atoms with van der Waals surface area (Å²) in [6, 6.07) is 8.37. The van der Waals surface area contributed by atoms with E-state index in [4.69, 9.17) is 5.73 Å². The van der Waals surface area contributed by atoms with Gasteiger partial charge in [0.1, 0.15) is 0 Å². The molecule has 1 saturated carbocycles. The van der Waals surface area contributed by atoms with Crippen LogP contribution in [0.2, 0.25) is 0 Å². The maximum atomic E-state index is 5.64. The highest BCUT2D eigenvalue weighted by Gasteiger charge is 2.34. The molecule has 1 aliphatic carbocycles. The van der Waals surface area contributed by atoms with Crippen LogP contribution in [0.4, 0.5) is 0 Å². The molecule has 0 unspecified atom stereocenters. The molecule has 3 rings (SSSR count). The van der Waals surface area contributed by atoms with E-state index in [-0.39, 0.29) is 0 Å². The fourth-order valence-corrected chi connectivity index (χ4v) is 3.27. The van der Waals surface area contributed by atoms with Gasteiger partial charge in [-0.15, -0.1) is 11.3 Å². The Hall–Kier alpha value is -0.930. The van der Waals surface area contributed by atoms with Crippen molar-refractivity contribution in [3.63, 3.8) is 0 Å². The van der Waals surface area contributed by atoms with Crippen molar-refractivity contribution in [3.8, 4) is 0 Å². The lowest BCUT2D eigenvalue weighted by Gasteiger charge is -1.95. The Bertz CT molecular complexity index is 458. The molecule has 84 valence electrons. The van der Waals surface area contributed by atoms with Gasteiger partial charge in [0.25, 0.3) is 0 Å². The smallest absolute Gasteiger partial charge is 0.0938 e. The predicted molar refractivity (Wildman–Crippen MR) is 68.6 cm³/mol. The Kier molecular flexibility index (Phi) is 2.65. The van der Waals surface area contributed by atoms with Crippen LogP contribution < -0.4 is 5.73 Å². The number of hydrogen-bond donors (Lipinski definition) is 1. The molecule has 3 heteroatoms. The average Bonchev–Trinajstić information content (AvgIpc) is 2.95. The maximum absolute atomic E-state index is 5.64. The van der Waals surface area contributed by atoms with Crippen LogP contribution in [0.3, 0.4) is 0 Å². The van der Waals surface area contributed by atoms with Gasteiger partial charge in [0.05, 0.1) is 15.2 Å². The number of nitrogens with two attached hydrogens (primary N) is 1. The number of nitrogens with zero attached hydrogens (tertiary/aromatic N) is 1. The van der Waals surface area contributed by atoms with E-state index < -0.39 is 0 Å². The Morgan fingerprint density at radius 3 is 2.94 bits per heavy atom. The van der Waals surface area contributed by atoms with Crippen molar-refractivity contribution in [2.75, 3.05) is 6.54 Å². The topological polar surface area (TPSA) is 38.9 Å². The number of aryl methyl sites for hydroxylation is 1. The van der Waals surface area contributed by atoms with Crippen LogP contribution in [-0.2, 0) is 6.42 Å². The minimum atomic E-state index is 0.800. The van der Waals surface area contributed by atoms with E-state index in [1.165, 1.54) is 22.5 Å². The highest BCUT2D eigenvalue weighted by Crippen LogP contribution is 2.41. The van der Waals surface area contributed by atoms with E-state index in [1.54, 1.807) is 0 Å². The van der Waals surface area contributed by atoms with Crippen molar-refractivity contribution in [3.05, 3.63) is 29.3 Å². The number of fused-ring (bicyclic) bond motifs is 1. The number of aromatic nitrogens is 1. The van der Waals surface area contributed by atoms with E-state index in [2.05, 4.69) is 29.2 Å². The second kappa shape index (κ2) is 4.15. The van der Waals surface area contributed by atoms with Crippen LogP contribution in [0.1, 0.15) is 17.8 Å². The number of hydrogen-bond acceptors (Lipinski definition) is 3. The zero-order chi connectivity index (χ0) is 11.0. The molecule has 1 aliphatic rings. The summed E-state index contributed by atoms with van der Waals surface area (Å²) in [5.74, 6) is 1.67. The number of thiazole rings is 1. The summed E-state index contributed by atoms with van der Waals surface area (Å²) in [7, 11) is 0. The first kappa shape index (κ1) is 10.2. The predicted octanol–water partition coefficient (Wildman–Crippen LogP) is 2.82. The molecule has 1 fully saturated rings. The van der Waals surface area contributed by atoms with E-state index in [0.29, 0.717) is 0 Å². The van der Waals surface area contributed by atoms with Crippen molar-refractivity contribution in [1.29, 1.82) is 0 Å². The van der Waals surface area contributed by atoms with Gasteiger partial charge in [0.15, 0.2) is 0 Å². The Labute approximate surface area is 99.5 Å². The van der Waals surface area contributed by atoms with Crippen molar-refractivity contribution in [2.45, 2.75) is 19.3 Å². The van der Waals surface area contributed by atoms with Crippen LogP contribution in [0.25, 0.3) is 10.2 Å². The molecule has 2 N–H and O–H groups in total. The van der Waals surface area contributed by atoms with Gasteiger partial charge in [0, 0.05) is 0 Å². The Balaban J connectivity index is 1.66. The average molecular weight is 232 g/mol. The minimum absolute atomic E-state index is 0.800. The standard InChI is InChI=1S/C13H16N2S/c14-8-10-7-9(10)5-6-13-15-11-3-1-2-4-12(11)16-13/h1-4,9-10H,5-8,14H2/t9-,10+/m1/s1. The monoisotopic (exact) mass is 232 g/mol. The van der Waals surface area contributed by atoms with Crippen molar-refractivity contribution in [2.24, 2.45) is 17.6 Å². The first-order valence-electron chi connectivity index (χ1n) is 5.91. The molecule has 1 heterocycles. The molecule has 0 radical (unpaired) electrons. The van der Waals surface area contributed by atoms with E-state index in [1.807, 2.05) is 11.3 Å². The SMILES string of the molecule is NC[C@@H]1C[C@H]1CCc1nc2ccccc2s1. The second-order valence-corrected chi connectivity index (χ2v) is 5.72. The van der Waals surface area contributed by atoms with Crippen LogP contribution >= 0.6 is 11.3 Å². The van der Waals surface area contributed by atoms with Crippen molar-refractivity contribution < 1.29 is 0 Å². The molecule has 0 aliphatic heterocycles. The second-order valence-electron chi connectivity index (χ2n) is 4.61. The summed E-state index contributed by atoms with van der Waals surface area (Å²) in [6.07, 6.45) is 3.73. The third kappa shape index (κ3) is 1.97. The molecular formula is C13H16N2S. The number of para-hydroxylation sites is 1. The van der Waals surface area contributed by atoms with Gasteiger partial charge in [-0.1, -0.05) is 12.1 Å². The summed E-state index contributed by atoms with van der Waals surface area (Å²) in [4.78, 5) is 4.65. The molecule has 0 saturated heterocycles. The molecule has 2 nitrogen and oxygen atoms in total. The highest BCUT2D eigenvalue weighted by molar-refractivity contribution is 7.18. The van der Waals surface area contributed by atoms with Gasteiger partial charge in [-0.25, -0.2) is 4.98 Å². The lowest BCUT2D eigenvalue weighted by molar-refractivity contribution is 0.648. The van der Waals surface area contributed by atoms with Gasteiger partial charge in [0.2, 0.25) is 0 Å². The number of benzene rings is 1. The fourth-order valence-electron chi connectivity index (χ4n) is 2.29. The first-order chi connectivity index (χ1) is 7.86. The molecular weight excluding hydrogens is 216 g/mol. The summed E-state index contributed by atoms with van der Waals surface area (Å²) in [5, 5.41) is 1.28. The number of rotatable bonds is 4. The quantitative estimate of drug-likeness (QED) is 0.880. The molecule has 2 aromatic rings. The molecule has 0 bridgehead atoms. The molecule has 1 aromatic heterocycles. The van der Waals surface area contributed by atoms with Gasteiger partial charge < -0.3 is 5.73 Å². The lowest BCUT2D eigenvalue weighted by atomic mass is 10.2. The van der Waals surface area contributed by atoms with Crippen molar-refractivity contribution in [1.82, 2.24) is 4.98 Å². The van der Waals surface area contributed by atoms with Crippen LogP contribution in [0.15, 0.2) is 24.3 Å². The summed E-state index contributed by atoms with van der Waals surface area (Å²) in [6.45, 7) is 0.866. The zero-order valence-corrected chi connectivity index (χ0v) is 10.0. The van der Waals surface area contributed by atoms with Crippen molar-refractivity contribution >= 4 is 21.6 Å². The minimum Gasteiger partial charge on any atom is -0.330 e. The van der Waals surface area contributed by atoms with Gasteiger partial charge >= 0.3 is 0 Å². The molecule has 0 amide bonds. The van der Waals surface area contributed by atoms with Gasteiger partial charge in [-0.2, -0.15) is 0 Å². The fraction of sp³-hybridized carbons (Fsp3) is 0.462. The first-order valence-corrected chi connectivity index (χ1v) is 6.73. The van der Waals surface area contributed by atoms with E-state index in [9.17, 15) is 0 Å². The Morgan fingerprint density at radius 1 is 1.31 bits per heavy atom. The lowest BCUT2D eigenvalue weighted by Crippen LogP contribution is -2.02. The Morgan fingerprint density at radius 2 is 2.19 bits per heavy atom. The largest absolute Gasteiger partial charge is 0.330 e. The zero-order valence-electron chi connectivity index (χ0n) is 9.23. The maximum Gasteiger partial charge on any atom is 0.0938 e. The van der Waals surface area contributed by atoms with Crippen LogP contribution in [0.5, 0.6) is 0 Å². The summed E-state index contributed by atoms with van der Waals surface area (Å²) >= 11 is 1.83. The van der Waals surface area contributed by atoms with E-state index >= 15 is 0 Å². The van der Waals surface area contributed by atoms with E-state index in [0.717, 1.165) is 30.3 Å². The molecule has 16 heavy (non-hydrogen) atoms. The van der Waals surface area contributed by atoms with Crippen LogP contribution in [0, 0.1) is 11.8 Å².